The summed E-state index contributed by atoms with van der Waals surface area (Å²) in [5.74, 6) is 4.83. The minimum atomic E-state index is -0.402. The Labute approximate surface area is 118 Å². The maximum absolute atomic E-state index is 13.3. The van der Waals surface area contributed by atoms with Crippen LogP contribution in [0.2, 0.25) is 0 Å². The molecule has 0 aromatic heterocycles. The van der Waals surface area contributed by atoms with E-state index in [0.29, 0.717) is 11.1 Å². The third-order valence-electron chi connectivity index (χ3n) is 3.49. The lowest BCUT2D eigenvalue weighted by atomic mass is 9.95. The van der Waals surface area contributed by atoms with Crippen molar-refractivity contribution in [2.75, 3.05) is 6.54 Å². The molecule has 0 aliphatic heterocycles. The highest BCUT2D eigenvalue weighted by Gasteiger charge is 2.18. The minimum Gasteiger partial charge on any atom is -0.349 e. The van der Waals surface area contributed by atoms with Crippen LogP contribution in [0.3, 0.4) is 0 Å². The Kier molecular flexibility index (Phi) is 5.14. The molecule has 0 bridgehead atoms. The summed E-state index contributed by atoms with van der Waals surface area (Å²) in [4.78, 5) is 12.3. The average molecular weight is 274 g/mol. The molecule has 4 heteroatoms. The fourth-order valence-electron chi connectivity index (χ4n) is 2.47. The molecule has 1 aromatic carbocycles. The van der Waals surface area contributed by atoms with Gasteiger partial charge in [-0.3, -0.25) is 4.79 Å². The summed E-state index contributed by atoms with van der Waals surface area (Å²) in [6.45, 7) is 0.181. The Bertz CT molecular complexity index is 539. The van der Waals surface area contributed by atoms with Crippen LogP contribution in [-0.2, 0) is 0 Å². The molecule has 1 saturated carbocycles. The van der Waals surface area contributed by atoms with E-state index in [-0.39, 0.29) is 18.5 Å². The van der Waals surface area contributed by atoms with E-state index in [1.54, 1.807) is 0 Å². The lowest BCUT2D eigenvalue weighted by Crippen LogP contribution is -2.36. The SMILES string of the molecule is NCC#Cc1cc(F)ccc1C(=O)NC1CCCCC1. The first-order valence-corrected chi connectivity index (χ1v) is 7.00. The van der Waals surface area contributed by atoms with Gasteiger partial charge in [-0.1, -0.05) is 31.1 Å². The molecule has 0 heterocycles. The Morgan fingerprint density at radius 2 is 2.10 bits per heavy atom. The van der Waals surface area contributed by atoms with Gasteiger partial charge in [0.25, 0.3) is 5.91 Å². The second-order valence-electron chi connectivity index (χ2n) is 5.00. The molecule has 0 radical (unpaired) electrons. The van der Waals surface area contributed by atoms with Crippen LogP contribution in [0, 0.1) is 17.7 Å². The molecule has 0 spiro atoms. The van der Waals surface area contributed by atoms with Gasteiger partial charge in [-0.25, -0.2) is 4.39 Å². The Morgan fingerprint density at radius 1 is 1.35 bits per heavy atom. The maximum atomic E-state index is 13.3. The molecular formula is C16H19FN2O. The van der Waals surface area contributed by atoms with E-state index in [0.717, 1.165) is 25.7 Å². The highest BCUT2D eigenvalue weighted by atomic mass is 19.1. The van der Waals surface area contributed by atoms with Crippen LogP contribution in [-0.4, -0.2) is 18.5 Å². The summed E-state index contributed by atoms with van der Waals surface area (Å²) in [7, 11) is 0. The van der Waals surface area contributed by atoms with Crippen LogP contribution in [0.1, 0.15) is 48.0 Å². The van der Waals surface area contributed by atoms with E-state index in [4.69, 9.17) is 5.73 Å². The van der Waals surface area contributed by atoms with Crippen molar-refractivity contribution in [1.29, 1.82) is 0 Å². The van der Waals surface area contributed by atoms with E-state index in [2.05, 4.69) is 17.2 Å². The van der Waals surface area contributed by atoms with Crippen molar-refractivity contribution >= 4 is 5.91 Å². The van der Waals surface area contributed by atoms with Crippen molar-refractivity contribution in [3.63, 3.8) is 0 Å². The van der Waals surface area contributed by atoms with Gasteiger partial charge in [-0.2, -0.15) is 0 Å². The lowest BCUT2D eigenvalue weighted by molar-refractivity contribution is 0.0927. The molecule has 20 heavy (non-hydrogen) atoms. The Balaban J connectivity index is 2.15. The third-order valence-corrected chi connectivity index (χ3v) is 3.49. The summed E-state index contributed by atoms with van der Waals surface area (Å²) in [5.41, 5.74) is 6.13. The van der Waals surface area contributed by atoms with E-state index in [1.807, 2.05) is 0 Å². The van der Waals surface area contributed by atoms with Crippen LogP contribution in [0.4, 0.5) is 4.39 Å². The molecule has 1 amide bonds. The number of hydrogen-bond acceptors (Lipinski definition) is 2. The lowest BCUT2D eigenvalue weighted by Gasteiger charge is -2.23. The topological polar surface area (TPSA) is 55.1 Å². The van der Waals surface area contributed by atoms with Gasteiger partial charge in [0.05, 0.1) is 12.1 Å². The zero-order chi connectivity index (χ0) is 14.4. The van der Waals surface area contributed by atoms with E-state index in [9.17, 15) is 9.18 Å². The molecule has 1 aliphatic carbocycles. The maximum Gasteiger partial charge on any atom is 0.252 e. The van der Waals surface area contributed by atoms with Crippen molar-refractivity contribution in [2.45, 2.75) is 38.1 Å². The van der Waals surface area contributed by atoms with Gasteiger partial charge >= 0.3 is 0 Å². The number of benzene rings is 1. The molecular weight excluding hydrogens is 255 g/mol. The summed E-state index contributed by atoms with van der Waals surface area (Å²) < 4.78 is 13.3. The highest BCUT2D eigenvalue weighted by molar-refractivity contribution is 5.96. The molecule has 0 atom stereocenters. The molecule has 3 N–H and O–H groups in total. The number of nitrogens with two attached hydrogens (primary N) is 1. The molecule has 2 rings (SSSR count). The first-order chi connectivity index (χ1) is 9.70. The predicted molar refractivity (Wildman–Crippen MR) is 76.7 cm³/mol. The quantitative estimate of drug-likeness (QED) is 0.812. The summed E-state index contributed by atoms with van der Waals surface area (Å²) in [5, 5.41) is 3.01. The molecule has 0 saturated heterocycles. The van der Waals surface area contributed by atoms with Gasteiger partial charge in [0.2, 0.25) is 0 Å². The van der Waals surface area contributed by atoms with Crippen LogP contribution in [0.5, 0.6) is 0 Å². The fraction of sp³-hybridized carbons (Fsp3) is 0.438. The molecule has 1 aromatic rings. The van der Waals surface area contributed by atoms with Gasteiger partial charge in [0.15, 0.2) is 0 Å². The van der Waals surface area contributed by atoms with Crippen molar-refractivity contribution in [2.24, 2.45) is 5.73 Å². The number of rotatable bonds is 2. The molecule has 106 valence electrons. The Hall–Kier alpha value is -1.86. The van der Waals surface area contributed by atoms with Gasteiger partial charge in [0, 0.05) is 11.6 Å². The van der Waals surface area contributed by atoms with Gasteiger partial charge in [-0.15, -0.1) is 0 Å². The smallest absolute Gasteiger partial charge is 0.252 e. The standard InChI is InChI=1S/C16H19FN2O/c17-13-8-9-15(12(11-13)5-4-10-18)16(20)19-14-6-2-1-3-7-14/h8-9,11,14H,1-3,6-7,10,18H2,(H,19,20). The van der Waals surface area contributed by atoms with Crippen LogP contribution < -0.4 is 11.1 Å². The average Bonchev–Trinajstić information content (AvgIpc) is 2.46. The Morgan fingerprint density at radius 3 is 2.80 bits per heavy atom. The van der Waals surface area contributed by atoms with Crippen molar-refractivity contribution in [3.8, 4) is 11.8 Å². The zero-order valence-corrected chi connectivity index (χ0v) is 11.4. The molecule has 3 nitrogen and oxygen atoms in total. The molecule has 1 fully saturated rings. The molecule has 1 aliphatic rings. The number of hydrogen-bond donors (Lipinski definition) is 2. The first-order valence-electron chi connectivity index (χ1n) is 7.00. The van der Waals surface area contributed by atoms with E-state index >= 15 is 0 Å². The van der Waals surface area contributed by atoms with Crippen LogP contribution >= 0.6 is 0 Å². The third kappa shape index (κ3) is 3.82. The zero-order valence-electron chi connectivity index (χ0n) is 11.4. The monoisotopic (exact) mass is 274 g/mol. The van der Waals surface area contributed by atoms with Gasteiger partial charge < -0.3 is 11.1 Å². The summed E-state index contributed by atoms with van der Waals surface area (Å²) in [6, 6.07) is 4.26. The van der Waals surface area contributed by atoms with E-state index < -0.39 is 5.82 Å². The normalized spacial score (nSPS) is 15.3. The van der Waals surface area contributed by atoms with Crippen molar-refractivity contribution < 1.29 is 9.18 Å². The second kappa shape index (κ2) is 7.06. The minimum absolute atomic E-state index is 0.181. The number of amides is 1. The van der Waals surface area contributed by atoms with Gasteiger partial charge in [0.1, 0.15) is 5.82 Å². The number of carbonyl (C=O) groups excluding carboxylic acids is 1. The van der Waals surface area contributed by atoms with Gasteiger partial charge in [-0.05, 0) is 31.0 Å². The highest BCUT2D eigenvalue weighted by Crippen LogP contribution is 2.18. The van der Waals surface area contributed by atoms with Crippen molar-refractivity contribution in [3.05, 3.63) is 35.1 Å². The van der Waals surface area contributed by atoms with Crippen molar-refractivity contribution in [1.82, 2.24) is 5.32 Å². The first kappa shape index (κ1) is 14.5. The number of nitrogens with one attached hydrogen (secondary N) is 1. The number of carbonyl (C=O) groups is 1. The van der Waals surface area contributed by atoms with Crippen LogP contribution in [0.15, 0.2) is 18.2 Å². The largest absolute Gasteiger partial charge is 0.349 e. The van der Waals surface area contributed by atoms with Crippen LogP contribution in [0.25, 0.3) is 0 Å². The summed E-state index contributed by atoms with van der Waals surface area (Å²) in [6.07, 6.45) is 5.55. The van der Waals surface area contributed by atoms with E-state index in [1.165, 1.54) is 24.6 Å². The predicted octanol–water partition coefficient (Wildman–Crippen LogP) is 2.20. The number of halogens is 1. The molecule has 0 unspecified atom stereocenters. The fourth-order valence-corrected chi connectivity index (χ4v) is 2.47. The summed E-state index contributed by atoms with van der Waals surface area (Å²) >= 11 is 0. The second-order valence-corrected chi connectivity index (χ2v) is 5.00.